The summed E-state index contributed by atoms with van der Waals surface area (Å²) in [5.41, 5.74) is 4.22. The Hall–Kier alpha value is -2.52. The monoisotopic (exact) mass is 456 g/mol. The number of allylic oxidation sites excluding steroid dienone is 1. The predicted molar refractivity (Wildman–Crippen MR) is 113 cm³/mol. The number of pyridine rings is 1. The van der Waals surface area contributed by atoms with E-state index in [2.05, 4.69) is 42.6 Å². The lowest BCUT2D eigenvalue weighted by Gasteiger charge is -2.07. The standard InChI is InChI=1S/C19H17BrN6OS/c1-4-5-15-11(2)21-18-23-19(24-26(18)12(15)3)28-10-14-9-17(27)25-7-6-13(20)8-16(25)22-14/h4,6-9H,1,5,10H2,2-3H3. The fourth-order valence-electron chi connectivity index (χ4n) is 3.03. The lowest BCUT2D eigenvalue weighted by atomic mass is 10.1. The van der Waals surface area contributed by atoms with Crippen molar-refractivity contribution < 1.29 is 0 Å². The van der Waals surface area contributed by atoms with E-state index < -0.39 is 0 Å². The van der Waals surface area contributed by atoms with Crippen LogP contribution in [0.4, 0.5) is 0 Å². The molecule has 4 heterocycles. The molecule has 0 aliphatic carbocycles. The second-order valence-electron chi connectivity index (χ2n) is 6.31. The molecule has 0 bridgehead atoms. The Kier molecular flexibility index (Phi) is 5.03. The highest BCUT2D eigenvalue weighted by molar-refractivity contribution is 9.10. The number of fused-ring (bicyclic) bond motifs is 2. The van der Waals surface area contributed by atoms with Gasteiger partial charge in [-0.25, -0.2) is 14.5 Å². The largest absolute Gasteiger partial charge is 0.269 e. The van der Waals surface area contributed by atoms with Crippen LogP contribution in [0.3, 0.4) is 0 Å². The van der Waals surface area contributed by atoms with Crippen LogP contribution in [-0.2, 0) is 12.2 Å². The van der Waals surface area contributed by atoms with Gasteiger partial charge >= 0.3 is 0 Å². The zero-order valence-corrected chi connectivity index (χ0v) is 17.8. The molecule has 4 aromatic heterocycles. The van der Waals surface area contributed by atoms with Crippen molar-refractivity contribution in [3.05, 3.63) is 74.5 Å². The van der Waals surface area contributed by atoms with Crippen LogP contribution in [0.15, 0.2) is 51.5 Å². The first-order chi connectivity index (χ1) is 13.5. The summed E-state index contributed by atoms with van der Waals surface area (Å²) in [5.74, 6) is 1.06. The third-order valence-corrected chi connectivity index (χ3v) is 5.77. The highest BCUT2D eigenvalue weighted by atomic mass is 79.9. The molecule has 0 aliphatic heterocycles. The fraction of sp³-hybridized carbons (Fsp3) is 0.211. The molecule has 28 heavy (non-hydrogen) atoms. The Morgan fingerprint density at radius 3 is 2.86 bits per heavy atom. The zero-order chi connectivity index (χ0) is 19.8. The summed E-state index contributed by atoms with van der Waals surface area (Å²) in [6.07, 6.45) is 4.30. The molecule has 0 atom stereocenters. The molecule has 0 spiro atoms. The van der Waals surface area contributed by atoms with Gasteiger partial charge in [0.15, 0.2) is 0 Å². The van der Waals surface area contributed by atoms with Crippen molar-refractivity contribution in [2.45, 2.75) is 31.2 Å². The van der Waals surface area contributed by atoms with E-state index >= 15 is 0 Å². The van der Waals surface area contributed by atoms with Crippen molar-refractivity contribution in [2.24, 2.45) is 0 Å². The quantitative estimate of drug-likeness (QED) is 0.337. The van der Waals surface area contributed by atoms with E-state index in [0.29, 0.717) is 28.0 Å². The normalized spacial score (nSPS) is 11.4. The second-order valence-corrected chi connectivity index (χ2v) is 8.17. The summed E-state index contributed by atoms with van der Waals surface area (Å²) in [5, 5.41) is 5.16. The van der Waals surface area contributed by atoms with E-state index in [0.717, 1.165) is 27.8 Å². The molecular formula is C19H17BrN6OS. The van der Waals surface area contributed by atoms with Gasteiger partial charge in [0.1, 0.15) is 5.65 Å². The number of nitrogens with zero attached hydrogens (tertiary/aromatic N) is 6. The first-order valence-electron chi connectivity index (χ1n) is 8.60. The molecule has 0 radical (unpaired) electrons. The summed E-state index contributed by atoms with van der Waals surface area (Å²) in [6, 6.07) is 5.17. The first-order valence-corrected chi connectivity index (χ1v) is 10.4. The maximum Gasteiger partial charge on any atom is 0.258 e. The van der Waals surface area contributed by atoms with E-state index in [1.807, 2.05) is 32.1 Å². The van der Waals surface area contributed by atoms with Crippen LogP contribution >= 0.6 is 27.7 Å². The summed E-state index contributed by atoms with van der Waals surface area (Å²) in [6.45, 7) is 7.78. The molecule has 0 aromatic carbocycles. The summed E-state index contributed by atoms with van der Waals surface area (Å²) in [4.78, 5) is 25.9. The fourth-order valence-corrected chi connectivity index (χ4v) is 4.06. The van der Waals surface area contributed by atoms with Gasteiger partial charge in [-0.15, -0.1) is 11.7 Å². The van der Waals surface area contributed by atoms with Crippen molar-refractivity contribution >= 4 is 39.1 Å². The van der Waals surface area contributed by atoms with Crippen LogP contribution in [0.1, 0.15) is 22.6 Å². The molecule has 4 aromatic rings. The highest BCUT2D eigenvalue weighted by Crippen LogP contribution is 2.21. The number of hydrogen-bond donors (Lipinski definition) is 0. The first kappa shape index (κ1) is 18.8. The van der Waals surface area contributed by atoms with E-state index in [1.165, 1.54) is 16.2 Å². The lowest BCUT2D eigenvalue weighted by molar-refractivity contribution is 0.825. The van der Waals surface area contributed by atoms with Crippen molar-refractivity contribution in [3.8, 4) is 0 Å². The number of aromatic nitrogens is 6. The topological polar surface area (TPSA) is 77.5 Å². The molecule has 0 aliphatic rings. The van der Waals surface area contributed by atoms with Crippen molar-refractivity contribution in [2.75, 3.05) is 0 Å². The Bertz CT molecular complexity index is 1280. The number of halogens is 1. The molecule has 0 amide bonds. The highest BCUT2D eigenvalue weighted by Gasteiger charge is 2.13. The number of thioether (sulfide) groups is 1. The average Bonchev–Trinajstić information content (AvgIpc) is 3.06. The van der Waals surface area contributed by atoms with Crippen LogP contribution in [-0.4, -0.2) is 29.0 Å². The third kappa shape index (κ3) is 3.47. The molecule has 9 heteroatoms. The van der Waals surface area contributed by atoms with Crippen molar-refractivity contribution in [1.82, 2.24) is 29.0 Å². The maximum absolute atomic E-state index is 12.3. The van der Waals surface area contributed by atoms with E-state index in [9.17, 15) is 4.79 Å². The molecule has 0 fully saturated rings. The van der Waals surface area contributed by atoms with Gasteiger partial charge in [0, 0.05) is 33.9 Å². The Labute approximate surface area is 173 Å². The van der Waals surface area contributed by atoms with Crippen molar-refractivity contribution in [1.29, 1.82) is 0 Å². The van der Waals surface area contributed by atoms with Gasteiger partial charge in [-0.1, -0.05) is 33.8 Å². The van der Waals surface area contributed by atoms with Crippen LogP contribution < -0.4 is 5.56 Å². The molecule has 0 unspecified atom stereocenters. The van der Waals surface area contributed by atoms with Crippen LogP contribution in [0.5, 0.6) is 0 Å². The molecular weight excluding hydrogens is 440 g/mol. The summed E-state index contributed by atoms with van der Waals surface area (Å²) < 4.78 is 4.14. The van der Waals surface area contributed by atoms with Crippen molar-refractivity contribution in [3.63, 3.8) is 0 Å². The zero-order valence-electron chi connectivity index (χ0n) is 15.4. The SMILES string of the molecule is C=CCc1c(C)nc2nc(SCc3cc(=O)n4ccc(Br)cc4n3)nn2c1C. The van der Waals surface area contributed by atoms with Gasteiger partial charge in [0.25, 0.3) is 11.3 Å². The minimum Gasteiger partial charge on any atom is -0.269 e. The predicted octanol–water partition coefficient (Wildman–Crippen LogP) is 3.53. The minimum absolute atomic E-state index is 0.113. The van der Waals surface area contributed by atoms with E-state index in [-0.39, 0.29) is 5.56 Å². The van der Waals surface area contributed by atoms with Crippen LogP contribution in [0, 0.1) is 13.8 Å². The minimum atomic E-state index is -0.113. The van der Waals surface area contributed by atoms with Gasteiger partial charge < -0.3 is 0 Å². The molecule has 7 nitrogen and oxygen atoms in total. The summed E-state index contributed by atoms with van der Waals surface area (Å²) >= 11 is 4.84. The Morgan fingerprint density at radius 1 is 1.25 bits per heavy atom. The van der Waals surface area contributed by atoms with Gasteiger partial charge in [0.05, 0.1) is 5.69 Å². The van der Waals surface area contributed by atoms with Gasteiger partial charge in [-0.3, -0.25) is 9.20 Å². The van der Waals surface area contributed by atoms with Gasteiger partial charge in [-0.05, 0) is 38.0 Å². The number of hydrogen-bond acceptors (Lipinski definition) is 6. The van der Waals surface area contributed by atoms with E-state index in [4.69, 9.17) is 0 Å². The second kappa shape index (κ2) is 7.48. The average molecular weight is 457 g/mol. The number of aryl methyl sites for hydroxylation is 2. The molecule has 0 saturated carbocycles. The molecule has 0 saturated heterocycles. The third-order valence-electron chi connectivity index (χ3n) is 4.41. The van der Waals surface area contributed by atoms with Crippen LogP contribution in [0.2, 0.25) is 0 Å². The number of rotatable bonds is 5. The smallest absolute Gasteiger partial charge is 0.258 e. The summed E-state index contributed by atoms with van der Waals surface area (Å²) in [7, 11) is 0. The van der Waals surface area contributed by atoms with Gasteiger partial charge in [-0.2, -0.15) is 4.98 Å². The Balaban J connectivity index is 1.64. The Morgan fingerprint density at radius 2 is 2.07 bits per heavy atom. The van der Waals surface area contributed by atoms with E-state index in [1.54, 1.807) is 16.8 Å². The molecule has 142 valence electrons. The van der Waals surface area contributed by atoms with Gasteiger partial charge in [0.2, 0.25) is 5.16 Å². The van der Waals surface area contributed by atoms with Crippen LogP contribution in [0.25, 0.3) is 11.4 Å². The molecule has 4 rings (SSSR count). The molecule has 0 N–H and O–H groups in total. The maximum atomic E-state index is 12.3. The lowest BCUT2D eigenvalue weighted by Crippen LogP contribution is -2.14.